The molecule has 1 unspecified atom stereocenters. The Kier molecular flexibility index (Phi) is 4.36. The number of ether oxygens (including phenoxy) is 1. The summed E-state index contributed by atoms with van der Waals surface area (Å²) in [7, 11) is 0. The molecule has 3 nitrogen and oxygen atoms in total. The summed E-state index contributed by atoms with van der Waals surface area (Å²) in [6.45, 7) is 5.84. The molecule has 1 aromatic carbocycles. The van der Waals surface area contributed by atoms with Gasteiger partial charge in [-0.25, -0.2) is 0 Å². The van der Waals surface area contributed by atoms with Crippen LogP contribution in [0.3, 0.4) is 0 Å². The second-order valence-corrected chi connectivity index (χ2v) is 5.81. The highest BCUT2D eigenvalue weighted by Crippen LogP contribution is 2.39. The van der Waals surface area contributed by atoms with Crippen LogP contribution in [-0.2, 0) is 4.74 Å². The Morgan fingerprint density at radius 3 is 2.70 bits per heavy atom. The van der Waals surface area contributed by atoms with E-state index in [-0.39, 0.29) is 6.10 Å². The molecule has 0 amide bonds. The molecule has 0 N–H and O–H groups in total. The van der Waals surface area contributed by atoms with Crippen molar-refractivity contribution in [2.24, 2.45) is 10.9 Å². The molecular weight excluding hydrogens is 248 g/mol. The summed E-state index contributed by atoms with van der Waals surface area (Å²) in [6.07, 6.45) is 4.26. The van der Waals surface area contributed by atoms with E-state index in [1.165, 1.54) is 24.8 Å². The highest BCUT2D eigenvalue weighted by atomic mass is 16.5. The molecule has 1 aliphatic carbocycles. The molecular formula is C17H24N2O. The maximum absolute atomic E-state index is 6.25. The molecule has 3 rings (SSSR count). The minimum atomic E-state index is 0.282. The summed E-state index contributed by atoms with van der Waals surface area (Å²) in [5.74, 6) is 1.87. The number of hydrogen-bond acceptors (Lipinski definition) is 3. The molecule has 0 spiro atoms. The topological polar surface area (TPSA) is 24.8 Å². The van der Waals surface area contributed by atoms with Gasteiger partial charge >= 0.3 is 0 Å². The second kappa shape index (κ2) is 6.40. The Morgan fingerprint density at radius 2 is 2.10 bits per heavy atom. The molecule has 1 fully saturated rings. The smallest absolute Gasteiger partial charge is 0.0959 e. The van der Waals surface area contributed by atoms with Gasteiger partial charge in [0.1, 0.15) is 0 Å². The van der Waals surface area contributed by atoms with E-state index in [2.05, 4.69) is 47.1 Å². The summed E-state index contributed by atoms with van der Waals surface area (Å²) in [5.41, 5.74) is 1.34. The van der Waals surface area contributed by atoms with Crippen molar-refractivity contribution in [2.75, 3.05) is 26.2 Å². The first-order valence-electron chi connectivity index (χ1n) is 7.77. The number of amidine groups is 1. The van der Waals surface area contributed by atoms with Gasteiger partial charge in [0.25, 0.3) is 0 Å². The maximum Gasteiger partial charge on any atom is 0.0959 e. The van der Waals surface area contributed by atoms with Gasteiger partial charge in [-0.15, -0.1) is 0 Å². The predicted molar refractivity (Wildman–Crippen MR) is 82.0 cm³/mol. The molecule has 1 atom stereocenters. The van der Waals surface area contributed by atoms with Gasteiger partial charge in [0.2, 0.25) is 0 Å². The molecule has 1 aliphatic heterocycles. The lowest BCUT2D eigenvalue weighted by atomic mass is 9.78. The largest absolute Gasteiger partial charge is 0.371 e. The van der Waals surface area contributed by atoms with E-state index < -0.39 is 0 Å². The Hall–Kier alpha value is -1.35. The zero-order chi connectivity index (χ0) is 13.8. The fourth-order valence-corrected chi connectivity index (χ4v) is 3.05. The minimum absolute atomic E-state index is 0.282. The normalized spacial score (nSPS) is 20.6. The van der Waals surface area contributed by atoms with E-state index in [0.29, 0.717) is 5.92 Å². The standard InChI is InChI=1S/C17H24N2O/c1-14-18-10-11-19(14)12-13-20-17(16-8-5-9-16)15-6-3-2-4-7-15/h2-4,6-7,16-17H,5,8-13H2,1H3. The van der Waals surface area contributed by atoms with Gasteiger partial charge in [-0.3, -0.25) is 4.99 Å². The molecule has 1 heterocycles. The van der Waals surface area contributed by atoms with Crippen LogP contribution < -0.4 is 0 Å². The van der Waals surface area contributed by atoms with Gasteiger partial charge in [0.05, 0.1) is 25.1 Å². The van der Waals surface area contributed by atoms with Crippen molar-refractivity contribution in [1.29, 1.82) is 0 Å². The molecule has 2 aliphatic rings. The number of benzene rings is 1. The number of rotatable bonds is 6. The summed E-state index contributed by atoms with van der Waals surface area (Å²) in [5, 5.41) is 0. The van der Waals surface area contributed by atoms with Crippen molar-refractivity contribution >= 4 is 5.84 Å². The van der Waals surface area contributed by atoms with Crippen LogP contribution in [0.1, 0.15) is 37.9 Å². The second-order valence-electron chi connectivity index (χ2n) is 5.81. The van der Waals surface area contributed by atoms with E-state index in [9.17, 15) is 0 Å². The van der Waals surface area contributed by atoms with Crippen LogP contribution in [0.25, 0.3) is 0 Å². The van der Waals surface area contributed by atoms with Crippen LogP contribution in [0.5, 0.6) is 0 Å². The third kappa shape index (κ3) is 3.04. The van der Waals surface area contributed by atoms with Crippen LogP contribution >= 0.6 is 0 Å². The first-order chi connectivity index (χ1) is 9.84. The Balaban J connectivity index is 1.55. The van der Waals surface area contributed by atoms with E-state index >= 15 is 0 Å². The van der Waals surface area contributed by atoms with Gasteiger partial charge < -0.3 is 9.64 Å². The summed E-state index contributed by atoms with van der Waals surface area (Å²) >= 11 is 0. The lowest BCUT2D eigenvalue weighted by Crippen LogP contribution is -2.31. The zero-order valence-corrected chi connectivity index (χ0v) is 12.3. The molecule has 0 bridgehead atoms. The summed E-state index contributed by atoms with van der Waals surface area (Å²) in [6, 6.07) is 10.7. The third-order valence-corrected chi connectivity index (χ3v) is 4.53. The van der Waals surface area contributed by atoms with Crippen LogP contribution in [0.4, 0.5) is 0 Å². The molecule has 108 valence electrons. The van der Waals surface area contributed by atoms with Crippen molar-refractivity contribution in [3.8, 4) is 0 Å². The monoisotopic (exact) mass is 272 g/mol. The lowest BCUT2D eigenvalue weighted by molar-refractivity contribution is -0.0189. The minimum Gasteiger partial charge on any atom is -0.371 e. The third-order valence-electron chi connectivity index (χ3n) is 4.53. The fraction of sp³-hybridized carbons (Fsp3) is 0.588. The van der Waals surface area contributed by atoms with E-state index in [4.69, 9.17) is 4.74 Å². The first-order valence-corrected chi connectivity index (χ1v) is 7.77. The molecule has 0 radical (unpaired) electrons. The fourth-order valence-electron chi connectivity index (χ4n) is 3.05. The molecule has 0 aromatic heterocycles. The van der Waals surface area contributed by atoms with Crippen molar-refractivity contribution in [3.05, 3.63) is 35.9 Å². The average Bonchev–Trinajstić information content (AvgIpc) is 2.82. The molecule has 0 saturated heterocycles. The van der Waals surface area contributed by atoms with Gasteiger partial charge in [-0.05, 0) is 31.2 Å². The van der Waals surface area contributed by atoms with E-state index in [1.54, 1.807) is 0 Å². The van der Waals surface area contributed by atoms with Crippen molar-refractivity contribution in [2.45, 2.75) is 32.3 Å². The van der Waals surface area contributed by atoms with E-state index in [1.807, 2.05) is 0 Å². The lowest BCUT2D eigenvalue weighted by Gasteiger charge is -2.34. The van der Waals surface area contributed by atoms with Gasteiger partial charge in [0, 0.05) is 13.1 Å². The van der Waals surface area contributed by atoms with Crippen LogP contribution in [-0.4, -0.2) is 37.0 Å². The number of aliphatic imine (C=N–C) groups is 1. The van der Waals surface area contributed by atoms with Gasteiger partial charge in [0.15, 0.2) is 0 Å². The zero-order valence-electron chi connectivity index (χ0n) is 12.3. The Bertz CT molecular complexity index is 453. The molecule has 1 aromatic rings. The van der Waals surface area contributed by atoms with E-state index in [0.717, 1.165) is 32.1 Å². The van der Waals surface area contributed by atoms with Crippen LogP contribution in [0, 0.1) is 5.92 Å². The van der Waals surface area contributed by atoms with Crippen LogP contribution in [0.15, 0.2) is 35.3 Å². The Labute approximate surface area is 121 Å². The van der Waals surface area contributed by atoms with Gasteiger partial charge in [-0.1, -0.05) is 36.8 Å². The SMILES string of the molecule is CC1=NCCN1CCOC(c1ccccc1)C1CCC1. The summed E-state index contributed by atoms with van der Waals surface area (Å²) in [4.78, 5) is 6.75. The number of hydrogen-bond donors (Lipinski definition) is 0. The Morgan fingerprint density at radius 1 is 1.30 bits per heavy atom. The predicted octanol–water partition coefficient (Wildman–Crippen LogP) is 3.28. The highest BCUT2D eigenvalue weighted by Gasteiger charge is 2.29. The highest BCUT2D eigenvalue weighted by molar-refractivity contribution is 5.81. The van der Waals surface area contributed by atoms with Crippen molar-refractivity contribution < 1.29 is 4.74 Å². The van der Waals surface area contributed by atoms with Crippen molar-refractivity contribution in [1.82, 2.24) is 4.90 Å². The molecule has 1 saturated carbocycles. The maximum atomic E-state index is 6.25. The average molecular weight is 272 g/mol. The van der Waals surface area contributed by atoms with Gasteiger partial charge in [-0.2, -0.15) is 0 Å². The quantitative estimate of drug-likeness (QED) is 0.794. The number of nitrogens with zero attached hydrogens (tertiary/aromatic N) is 2. The molecule has 20 heavy (non-hydrogen) atoms. The van der Waals surface area contributed by atoms with Crippen LogP contribution in [0.2, 0.25) is 0 Å². The van der Waals surface area contributed by atoms with Crippen molar-refractivity contribution in [3.63, 3.8) is 0 Å². The summed E-state index contributed by atoms with van der Waals surface area (Å²) < 4.78 is 6.25. The first kappa shape index (κ1) is 13.6. The molecule has 3 heteroatoms.